The van der Waals surface area contributed by atoms with Gasteiger partial charge in [0.25, 0.3) is 5.69 Å². The number of hydrogen-bond donors (Lipinski definition) is 2. The highest BCUT2D eigenvalue weighted by molar-refractivity contribution is 7.89. The third-order valence-corrected chi connectivity index (χ3v) is 3.91. The highest BCUT2D eigenvalue weighted by Crippen LogP contribution is 2.20. The average Bonchev–Trinajstić information content (AvgIpc) is 2.38. The molecule has 20 heavy (non-hydrogen) atoms. The third kappa shape index (κ3) is 4.51. The largest absolute Gasteiger partial charge is 0.315 e. The predicted molar refractivity (Wildman–Crippen MR) is 71.4 cm³/mol. The van der Waals surface area contributed by atoms with E-state index in [9.17, 15) is 22.9 Å². The first kappa shape index (κ1) is 16.5. The fourth-order valence-corrected chi connectivity index (χ4v) is 2.59. The summed E-state index contributed by atoms with van der Waals surface area (Å²) in [6.45, 7) is 3.18. The summed E-state index contributed by atoms with van der Waals surface area (Å²) in [6, 6.07) is 2.39. The Balaban J connectivity index is 2.81. The second kappa shape index (κ2) is 7.27. The second-order valence-electron chi connectivity index (χ2n) is 4.02. The van der Waals surface area contributed by atoms with Crippen LogP contribution >= 0.6 is 0 Å². The lowest BCUT2D eigenvalue weighted by atomic mass is 10.3. The van der Waals surface area contributed by atoms with Crippen LogP contribution in [0.25, 0.3) is 0 Å². The minimum Gasteiger partial charge on any atom is -0.315 e. The van der Waals surface area contributed by atoms with E-state index >= 15 is 0 Å². The molecule has 0 saturated heterocycles. The zero-order valence-corrected chi connectivity index (χ0v) is 11.7. The summed E-state index contributed by atoms with van der Waals surface area (Å²) in [5.74, 6) is -1.02. The van der Waals surface area contributed by atoms with E-state index in [0.717, 1.165) is 25.1 Å². The SMILES string of the molecule is CCCNCCNS(=O)(=O)c1cc([N+](=O)[O-])ccc1F. The van der Waals surface area contributed by atoms with Gasteiger partial charge in [-0.15, -0.1) is 0 Å². The van der Waals surface area contributed by atoms with Gasteiger partial charge in [0.1, 0.15) is 10.7 Å². The zero-order chi connectivity index (χ0) is 15.2. The highest BCUT2D eigenvalue weighted by Gasteiger charge is 2.22. The minimum atomic E-state index is -4.10. The van der Waals surface area contributed by atoms with Gasteiger partial charge in [0.15, 0.2) is 0 Å². The molecule has 1 rings (SSSR count). The summed E-state index contributed by atoms with van der Waals surface area (Å²) in [4.78, 5) is 9.08. The molecule has 0 saturated carbocycles. The van der Waals surface area contributed by atoms with E-state index in [1.165, 1.54) is 0 Å². The fourth-order valence-electron chi connectivity index (χ4n) is 1.46. The van der Waals surface area contributed by atoms with Crippen molar-refractivity contribution in [2.75, 3.05) is 19.6 Å². The zero-order valence-electron chi connectivity index (χ0n) is 10.9. The van der Waals surface area contributed by atoms with Gasteiger partial charge in [-0.1, -0.05) is 6.92 Å². The Bertz CT molecular complexity index is 577. The maximum Gasteiger partial charge on any atom is 0.270 e. The van der Waals surface area contributed by atoms with Gasteiger partial charge in [-0.2, -0.15) is 0 Å². The summed E-state index contributed by atoms with van der Waals surface area (Å²) >= 11 is 0. The lowest BCUT2D eigenvalue weighted by molar-refractivity contribution is -0.385. The molecule has 0 amide bonds. The first-order valence-corrected chi connectivity index (χ1v) is 7.51. The number of benzene rings is 1. The molecule has 0 aliphatic carbocycles. The smallest absolute Gasteiger partial charge is 0.270 e. The Labute approximate surface area is 116 Å². The quantitative estimate of drug-likeness (QED) is 0.424. The van der Waals surface area contributed by atoms with Crippen LogP contribution in [0.5, 0.6) is 0 Å². The molecule has 0 heterocycles. The minimum absolute atomic E-state index is 0.0739. The number of nitro groups is 1. The molecule has 0 unspecified atom stereocenters. The van der Waals surface area contributed by atoms with Gasteiger partial charge in [-0.25, -0.2) is 17.5 Å². The number of sulfonamides is 1. The summed E-state index contributed by atoms with van der Waals surface area (Å²) in [5.41, 5.74) is -0.476. The van der Waals surface area contributed by atoms with Crippen molar-refractivity contribution >= 4 is 15.7 Å². The van der Waals surface area contributed by atoms with Crippen LogP contribution in [0, 0.1) is 15.9 Å². The molecule has 2 N–H and O–H groups in total. The number of non-ortho nitro benzene ring substituents is 1. The molecule has 112 valence electrons. The Kier molecular flexibility index (Phi) is 5.99. The van der Waals surface area contributed by atoms with E-state index in [1.807, 2.05) is 6.92 Å². The topological polar surface area (TPSA) is 101 Å². The maximum atomic E-state index is 13.5. The third-order valence-electron chi connectivity index (χ3n) is 2.44. The summed E-state index contributed by atoms with van der Waals surface area (Å²) in [6.07, 6.45) is 0.909. The molecule has 0 bridgehead atoms. The summed E-state index contributed by atoms with van der Waals surface area (Å²) in [7, 11) is -4.10. The molecule has 0 atom stereocenters. The average molecular weight is 305 g/mol. The standard InChI is InChI=1S/C11H16FN3O4S/c1-2-5-13-6-7-14-20(18,19)11-8-9(15(16)17)3-4-10(11)12/h3-4,8,13-14H,2,5-7H2,1H3. The van der Waals surface area contributed by atoms with Crippen LogP contribution in [0.3, 0.4) is 0 Å². The molecule has 0 fully saturated rings. The molecule has 0 aliphatic heterocycles. The molecular weight excluding hydrogens is 289 g/mol. The molecule has 0 radical (unpaired) electrons. The molecule has 0 aromatic heterocycles. The van der Waals surface area contributed by atoms with Crippen molar-refractivity contribution in [2.24, 2.45) is 0 Å². The van der Waals surface area contributed by atoms with Crippen LogP contribution in [0.15, 0.2) is 23.1 Å². The van der Waals surface area contributed by atoms with Gasteiger partial charge in [0.2, 0.25) is 10.0 Å². The number of nitrogens with zero attached hydrogens (tertiary/aromatic N) is 1. The normalized spacial score (nSPS) is 11.5. The molecule has 7 nitrogen and oxygen atoms in total. The first-order valence-electron chi connectivity index (χ1n) is 6.03. The van der Waals surface area contributed by atoms with Crippen molar-refractivity contribution in [1.82, 2.24) is 10.0 Å². The monoisotopic (exact) mass is 305 g/mol. The van der Waals surface area contributed by atoms with E-state index < -0.39 is 31.3 Å². The van der Waals surface area contributed by atoms with E-state index in [-0.39, 0.29) is 6.54 Å². The van der Waals surface area contributed by atoms with Crippen LogP contribution in [0.4, 0.5) is 10.1 Å². The van der Waals surface area contributed by atoms with Gasteiger partial charge in [-0.05, 0) is 19.0 Å². The van der Waals surface area contributed by atoms with Crippen molar-refractivity contribution in [2.45, 2.75) is 18.2 Å². The van der Waals surface area contributed by atoms with Gasteiger partial charge in [-0.3, -0.25) is 10.1 Å². The molecule has 9 heteroatoms. The van der Waals surface area contributed by atoms with Crippen LogP contribution in [-0.2, 0) is 10.0 Å². The number of nitro benzene ring substituents is 1. The molecular formula is C11H16FN3O4S. The van der Waals surface area contributed by atoms with Crippen molar-refractivity contribution in [1.29, 1.82) is 0 Å². The lowest BCUT2D eigenvalue weighted by Crippen LogP contribution is -2.32. The molecule has 1 aromatic carbocycles. The summed E-state index contributed by atoms with van der Waals surface area (Å²) < 4.78 is 39.4. The van der Waals surface area contributed by atoms with Gasteiger partial charge in [0, 0.05) is 25.2 Å². The van der Waals surface area contributed by atoms with Crippen molar-refractivity contribution in [3.05, 3.63) is 34.1 Å². The molecule has 0 aliphatic rings. The van der Waals surface area contributed by atoms with Crippen molar-refractivity contribution in [3.63, 3.8) is 0 Å². The van der Waals surface area contributed by atoms with Crippen molar-refractivity contribution < 1.29 is 17.7 Å². The Morgan fingerprint density at radius 3 is 2.60 bits per heavy atom. The van der Waals surface area contributed by atoms with E-state index in [1.54, 1.807) is 0 Å². The van der Waals surface area contributed by atoms with Crippen LogP contribution in [0.2, 0.25) is 0 Å². The first-order chi connectivity index (χ1) is 9.38. The number of hydrogen-bond acceptors (Lipinski definition) is 5. The van der Waals surface area contributed by atoms with Crippen LogP contribution in [-0.4, -0.2) is 33.0 Å². The van der Waals surface area contributed by atoms with E-state index in [0.29, 0.717) is 12.6 Å². The van der Waals surface area contributed by atoms with Gasteiger partial charge in [0.05, 0.1) is 4.92 Å². The van der Waals surface area contributed by atoms with Crippen LogP contribution in [0.1, 0.15) is 13.3 Å². The van der Waals surface area contributed by atoms with Gasteiger partial charge >= 0.3 is 0 Å². The van der Waals surface area contributed by atoms with E-state index in [4.69, 9.17) is 0 Å². The molecule has 0 spiro atoms. The highest BCUT2D eigenvalue weighted by atomic mass is 32.2. The number of rotatable bonds is 8. The lowest BCUT2D eigenvalue weighted by Gasteiger charge is -2.08. The Morgan fingerprint density at radius 1 is 1.30 bits per heavy atom. The Hall–Kier alpha value is -1.58. The molecule has 1 aromatic rings. The number of nitrogens with one attached hydrogen (secondary N) is 2. The number of halogens is 1. The van der Waals surface area contributed by atoms with Gasteiger partial charge < -0.3 is 5.32 Å². The van der Waals surface area contributed by atoms with Crippen LogP contribution < -0.4 is 10.0 Å². The fraction of sp³-hybridized carbons (Fsp3) is 0.455. The summed E-state index contributed by atoms with van der Waals surface area (Å²) in [5, 5.41) is 13.6. The predicted octanol–water partition coefficient (Wildman–Crippen LogP) is 1.01. The van der Waals surface area contributed by atoms with E-state index in [2.05, 4.69) is 10.0 Å². The van der Waals surface area contributed by atoms with Crippen molar-refractivity contribution in [3.8, 4) is 0 Å². The maximum absolute atomic E-state index is 13.5. The second-order valence-corrected chi connectivity index (χ2v) is 5.75. The Morgan fingerprint density at radius 2 is 2.00 bits per heavy atom.